The summed E-state index contributed by atoms with van der Waals surface area (Å²) in [5.74, 6) is 1.24. The van der Waals surface area contributed by atoms with Gasteiger partial charge in [0.2, 0.25) is 0 Å². The van der Waals surface area contributed by atoms with E-state index in [4.69, 9.17) is 4.74 Å². The summed E-state index contributed by atoms with van der Waals surface area (Å²) in [6, 6.07) is 20.9. The molecule has 0 aliphatic carbocycles. The lowest BCUT2D eigenvalue weighted by molar-refractivity contribution is 0.0947. The molecule has 0 aliphatic rings. The Bertz CT molecular complexity index is 913. The molecule has 0 atom stereocenters. The fraction of sp³-hybridized carbons (Fsp3) is 0.182. The molecule has 0 saturated carbocycles. The van der Waals surface area contributed by atoms with Crippen molar-refractivity contribution in [3.63, 3.8) is 0 Å². The number of hydrogen-bond acceptors (Lipinski definition) is 5. The van der Waals surface area contributed by atoms with Crippen molar-refractivity contribution in [2.24, 2.45) is 0 Å². The highest BCUT2D eigenvalue weighted by molar-refractivity contribution is 5.94. The predicted molar refractivity (Wildman–Crippen MR) is 113 cm³/mol. The minimum atomic E-state index is -0.163. The molecule has 3 aromatic rings. The lowest BCUT2D eigenvalue weighted by atomic mass is 10.2. The molecule has 0 spiro atoms. The predicted octanol–water partition coefficient (Wildman–Crippen LogP) is 3.70. The van der Waals surface area contributed by atoms with Crippen LogP contribution in [0, 0.1) is 0 Å². The van der Waals surface area contributed by atoms with Crippen molar-refractivity contribution in [1.29, 1.82) is 0 Å². The van der Waals surface area contributed by atoms with Gasteiger partial charge in [0.1, 0.15) is 18.2 Å². The van der Waals surface area contributed by atoms with Crippen molar-refractivity contribution in [3.05, 3.63) is 78.5 Å². The van der Waals surface area contributed by atoms with Crippen molar-refractivity contribution >= 4 is 23.1 Å². The van der Waals surface area contributed by atoms with Gasteiger partial charge in [-0.15, -0.1) is 0 Å². The largest absolute Gasteiger partial charge is 0.492 e. The van der Waals surface area contributed by atoms with Crippen molar-refractivity contribution in [1.82, 2.24) is 10.3 Å². The third kappa shape index (κ3) is 5.48. The molecule has 1 heterocycles. The van der Waals surface area contributed by atoms with Crippen molar-refractivity contribution in [2.75, 3.05) is 37.5 Å². The summed E-state index contributed by atoms with van der Waals surface area (Å²) >= 11 is 0. The second kappa shape index (κ2) is 9.41. The molecule has 0 fully saturated rings. The Morgan fingerprint density at radius 3 is 2.64 bits per heavy atom. The SMILES string of the molecule is CN(C)c1cccc(Nc2cc(C(=O)NCCOc3ccccc3)ccn2)c1. The average Bonchev–Trinajstić information content (AvgIpc) is 2.72. The second-order valence-corrected chi connectivity index (χ2v) is 6.42. The van der Waals surface area contributed by atoms with Crippen LogP contribution in [0.2, 0.25) is 0 Å². The fourth-order valence-electron chi connectivity index (χ4n) is 2.60. The van der Waals surface area contributed by atoms with E-state index in [1.807, 2.05) is 73.6 Å². The third-order valence-corrected chi connectivity index (χ3v) is 4.06. The van der Waals surface area contributed by atoms with E-state index >= 15 is 0 Å². The van der Waals surface area contributed by atoms with Crippen LogP contribution in [-0.4, -0.2) is 38.1 Å². The molecule has 2 aromatic carbocycles. The zero-order chi connectivity index (χ0) is 19.8. The molecule has 6 nitrogen and oxygen atoms in total. The van der Waals surface area contributed by atoms with Crippen LogP contribution in [0.1, 0.15) is 10.4 Å². The molecular formula is C22H24N4O2. The number of aromatic nitrogens is 1. The maximum Gasteiger partial charge on any atom is 0.251 e. The monoisotopic (exact) mass is 376 g/mol. The van der Waals surface area contributed by atoms with E-state index in [1.54, 1.807) is 18.3 Å². The first kappa shape index (κ1) is 19.2. The smallest absolute Gasteiger partial charge is 0.251 e. The number of ether oxygens (including phenoxy) is 1. The molecule has 144 valence electrons. The second-order valence-electron chi connectivity index (χ2n) is 6.42. The van der Waals surface area contributed by atoms with E-state index in [0.29, 0.717) is 24.5 Å². The molecule has 0 saturated heterocycles. The quantitative estimate of drug-likeness (QED) is 0.587. The fourth-order valence-corrected chi connectivity index (χ4v) is 2.60. The molecule has 0 radical (unpaired) electrons. The number of amides is 1. The summed E-state index contributed by atoms with van der Waals surface area (Å²) < 4.78 is 5.58. The van der Waals surface area contributed by atoms with Gasteiger partial charge in [-0.3, -0.25) is 4.79 Å². The number of rotatable bonds is 8. The van der Waals surface area contributed by atoms with E-state index in [9.17, 15) is 4.79 Å². The number of carbonyl (C=O) groups is 1. The number of nitrogens with one attached hydrogen (secondary N) is 2. The van der Waals surface area contributed by atoms with Crippen LogP contribution < -0.4 is 20.3 Å². The van der Waals surface area contributed by atoms with Crippen LogP contribution in [0.4, 0.5) is 17.2 Å². The maximum absolute atomic E-state index is 12.4. The summed E-state index contributed by atoms with van der Waals surface area (Å²) in [6.45, 7) is 0.826. The van der Waals surface area contributed by atoms with E-state index in [2.05, 4.69) is 15.6 Å². The van der Waals surface area contributed by atoms with Gasteiger partial charge >= 0.3 is 0 Å². The van der Waals surface area contributed by atoms with Gasteiger partial charge in [0.25, 0.3) is 5.91 Å². The maximum atomic E-state index is 12.4. The van der Waals surface area contributed by atoms with Gasteiger partial charge < -0.3 is 20.3 Å². The first-order valence-electron chi connectivity index (χ1n) is 9.08. The Labute approximate surface area is 165 Å². The van der Waals surface area contributed by atoms with Crippen LogP contribution in [0.5, 0.6) is 5.75 Å². The Morgan fingerprint density at radius 1 is 1.04 bits per heavy atom. The molecule has 1 amide bonds. The highest BCUT2D eigenvalue weighted by atomic mass is 16.5. The van der Waals surface area contributed by atoms with E-state index in [1.165, 1.54) is 0 Å². The first-order valence-corrected chi connectivity index (χ1v) is 9.08. The summed E-state index contributed by atoms with van der Waals surface area (Å²) in [7, 11) is 3.98. The summed E-state index contributed by atoms with van der Waals surface area (Å²) in [6.07, 6.45) is 1.62. The van der Waals surface area contributed by atoms with Gasteiger partial charge in [0.05, 0.1) is 6.54 Å². The molecule has 0 unspecified atom stereocenters. The third-order valence-electron chi connectivity index (χ3n) is 4.06. The number of carbonyl (C=O) groups excluding carboxylic acids is 1. The Morgan fingerprint density at radius 2 is 1.86 bits per heavy atom. The van der Waals surface area contributed by atoms with Crippen LogP contribution in [0.25, 0.3) is 0 Å². The van der Waals surface area contributed by atoms with Gasteiger partial charge in [-0.1, -0.05) is 24.3 Å². The number of anilines is 3. The summed E-state index contributed by atoms with van der Waals surface area (Å²) in [4.78, 5) is 18.7. The van der Waals surface area contributed by atoms with Crippen molar-refractivity contribution < 1.29 is 9.53 Å². The zero-order valence-corrected chi connectivity index (χ0v) is 16.1. The van der Waals surface area contributed by atoms with E-state index in [-0.39, 0.29) is 5.91 Å². The van der Waals surface area contributed by atoms with Crippen molar-refractivity contribution in [3.8, 4) is 5.75 Å². The number of hydrogen-bond donors (Lipinski definition) is 2. The summed E-state index contributed by atoms with van der Waals surface area (Å²) in [5, 5.41) is 6.10. The first-order chi connectivity index (χ1) is 13.6. The average molecular weight is 376 g/mol. The molecule has 1 aromatic heterocycles. The van der Waals surface area contributed by atoms with Gasteiger partial charge in [-0.2, -0.15) is 0 Å². The number of nitrogens with zero attached hydrogens (tertiary/aromatic N) is 2. The highest BCUT2D eigenvalue weighted by Crippen LogP contribution is 2.21. The van der Waals surface area contributed by atoms with Gasteiger partial charge in [-0.05, 0) is 42.5 Å². The molecule has 0 bridgehead atoms. The molecule has 2 N–H and O–H groups in total. The number of pyridine rings is 1. The minimum absolute atomic E-state index is 0.163. The molecule has 28 heavy (non-hydrogen) atoms. The molecular weight excluding hydrogens is 352 g/mol. The van der Waals surface area contributed by atoms with Gasteiger partial charge in [0, 0.05) is 37.2 Å². The number of para-hydroxylation sites is 1. The minimum Gasteiger partial charge on any atom is -0.492 e. The topological polar surface area (TPSA) is 66.5 Å². The van der Waals surface area contributed by atoms with Gasteiger partial charge in [-0.25, -0.2) is 4.98 Å². The number of benzene rings is 2. The van der Waals surface area contributed by atoms with Crippen LogP contribution in [0.3, 0.4) is 0 Å². The summed E-state index contributed by atoms with van der Waals surface area (Å²) in [5.41, 5.74) is 2.53. The highest BCUT2D eigenvalue weighted by Gasteiger charge is 2.07. The van der Waals surface area contributed by atoms with Crippen LogP contribution in [-0.2, 0) is 0 Å². The molecule has 0 aliphatic heterocycles. The normalized spacial score (nSPS) is 10.2. The lowest BCUT2D eigenvalue weighted by Crippen LogP contribution is -2.28. The van der Waals surface area contributed by atoms with Gasteiger partial charge in [0.15, 0.2) is 0 Å². The Balaban J connectivity index is 1.55. The molecule has 6 heteroatoms. The van der Waals surface area contributed by atoms with E-state index in [0.717, 1.165) is 17.1 Å². The van der Waals surface area contributed by atoms with Crippen molar-refractivity contribution in [2.45, 2.75) is 0 Å². The van der Waals surface area contributed by atoms with Crippen LogP contribution in [0.15, 0.2) is 72.9 Å². The van der Waals surface area contributed by atoms with Crippen LogP contribution >= 0.6 is 0 Å². The zero-order valence-electron chi connectivity index (χ0n) is 16.1. The Kier molecular flexibility index (Phi) is 6.46. The lowest BCUT2D eigenvalue weighted by Gasteiger charge is -2.14. The molecule has 3 rings (SSSR count). The Hall–Kier alpha value is -3.54. The standard InChI is InChI=1S/C22H24N4O2/c1-26(2)19-8-6-7-18(16-19)25-21-15-17(11-12-23-21)22(27)24-13-14-28-20-9-4-3-5-10-20/h3-12,15-16H,13-14H2,1-2H3,(H,23,25)(H,24,27). The van der Waals surface area contributed by atoms with E-state index < -0.39 is 0 Å².